The number of hydrogen-bond donors (Lipinski definition) is 0. The molecule has 3 aromatic rings. The third-order valence-corrected chi connectivity index (χ3v) is 5.54. The quantitative estimate of drug-likeness (QED) is 0.417. The lowest BCUT2D eigenvalue weighted by atomic mass is 10.1. The van der Waals surface area contributed by atoms with Crippen molar-refractivity contribution in [2.75, 3.05) is 14.2 Å². The first-order valence-electron chi connectivity index (χ1n) is 9.57. The van der Waals surface area contributed by atoms with Crippen LogP contribution in [0.4, 0.5) is 0 Å². The summed E-state index contributed by atoms with van der Waals surface area (Å²) in [5.41, 5.74) is 4.55. The Morgan fingerprint density at radius 2 is 1.93 bits per heavy atom. The second-order valence-corrected chi connectivity index (χ2v) is 7.47. The summed E-state index contributed by atoms with van der Waals surface area (Å²) in [6, 6.07) is 16.3. The van der Waals surface area contributed by atoms with Crippen LogP contribution in [0.15, 0.2) is 47.8 Å². The molecule has 0 spiro atoms. The zero-order valence-corrected chi connectivity index (χ0v) is 17.8. The van der Waals surface area contributed by atoms with Crippen molar-refractivity contribution in [3.05, 3.63) is 64.0 Å². The molecule has 0 bridgehead atoms. The minimum Gasteiger partial charge on any atom is -0.497 e. The maximum atomic E-state index is 9.71. The highest BCUT2D eigenvalue weighted by atomic mass is 32.1. The number of hydrogen-bond acceptors (Lipinski definition) is 5. The molecule has 0 N–H and O–H groups in total. The smallest absolute Gasteiger partial charge is 0.134 e. The topological polar surface area (TPSA) is 55.1 Å². The Bertz CT molecular complexity index is 1030. The predicted molar refractivity (Wildman–Crippen MR) is 119 cm³/mol. The van der Waals surface area contributed by atoms with E-state index < -0.39 is 0 Å². The second-order valence-electron chi connectivity index (χ2n) is 6.62. The molecule has 0 aliphatic heterocycles. The van der Waals surface area contributed by atoms with Gasteiger partial charge in [0.1, 0.15) is 22.6 Å². The average molecular weight is 405 g/mol. The van der Waals surface area contributed by atoms with E-state index >= 15 is 0 Å². The maximum absolute atomic E-state index is 9.71. The van der Waals surface area contributed by atoms with Crippen molar-refractivity contribution >= 4 is 23.0 Å². The molecule has 0 saturated heterocycles. The highest BCUT2D eigenvalue weighted by Gasteiger charge is 2.11. The molecule has 0 unspecified atom stereocenters. The molecule has 5 heteroatoms. The summed E-state index contributed by atoms with van der Waals surface area (Å²) in [6.45, 7) is 2.20. The molecule has 4 nitrogen and oxygen atoms in total. The van der Waals surface area contributed by atoms with E-state index in [1.807, 2.05) is 23.6 Å². The van der Waals surface area contributed by atoms with Crippen LogP contribution in [-0.4, -0.2) is 19.2 Å². The van der Waals surface area contributed by atoms with Gasteiger partial charge in [0.05, 0.1) is 25.5 Å². The predicted octanol–water partition coefficient (Wildman–Crippen LogP) is 6.23. The van der Waals surface area contributed by atoms with Crippen LogP contribution in [0.25, 0.3) is 22.9 Å². The van der Waals surface area contributed by atoms with Crippen LogP contribution in [0, 0.1) is 11.3 Å². The van der Waals surface area contributed by atoms with Crippen LogP contribution >= 0.6 is 11.3 Å². The fourth-order valence-corrected chi connectivity index (χ4v) is 3.80. The molecule has 0 amide bonds. The van der Waals surface area contributed by atoms with Gasteiger partial charge in [-0.05, 0) is 42.7 Å². The molecule has 0 fully saturated rings. The number of methoxy groups -OCH3 is 2. The van der Waals surface area contributed by atoms with Gasteiger partial charge in [-0.15, -0.1) is 11.3 Å². The minimum absolute atomic E-state index is 0.493. The zero-order chi connectivity index (χ0) is 20.6. The van der Waals surface area contributed by atoms with E-state index in [1.165, 1.54) is 29.7 Å². The molecule has 0 atom stereocenters. The molecule has 1 heterocycles. The van der Waals surface area contributed by atoms with Gasteiger partial charge in [0, 0.05) is 16.5 Å². The molecule has 0 aliphatic rings. The van der Waals surface area contributed by atoms with E-state index in [0.29, 0.717) is 22.1 Å². The van der Waals surface area contributed by atoms with E-state index in [0.717, 1.165) is 23.2 Å². The molecular formula is C24H24N2O2S. The first-order valence-corrected chi connectivity index (χ1v) is 10.5. The first-order chi connectivity index (χ1) is 14.2. The van der Waals surface area contributed by atoms with Crippen molar-refractivity contribution in [2.45, 2.75) is 26.2 Å². The fraction of sp³-hybridized carbons (Fsp3) is 0.250. The van der Waals surface area contributed by atoms with Crippen molar-refractivity contribution in [3.8, 4) is 28.8 Å². The summed E-state index contributed by atoms with van der Waals surface area (Å²) in [5, 5.41) is 12.4. The van der Waals surface area contributed by atoms with E-state index in [1.54, 1.807) is 20.3 Å². The molecular weight excluding hydrogens is 380 g/mol. The van der Waals surface area contributed by atoms with E-state index in [-0.39, 0.29) is 0 Å². The molecule has 2 aromatic carbocycles. The van der Waals surface area contributed by atoms with Crippen molar-refractivity contribution in [2.24, 2.45) is 0 Å². The molecule has 1 aromatic heterocycles. The van der Waals surface area contributed by atoms with Crippen molar-refractivity contribution in [1.29, 1.82) is 5.26 Å². The number of unbranched alkanes of at least 4 members (excludes halogenated alkanes) is 1. The summed E-state index contributed by atoms with van der Waals surface area (Å²) in [5.74, 6) is 1.38. The Labute approximate surface area is 176 Å². The van der Waals surface area contributed by atoms with Crippen molar-refractivity contribution in [1.82, 2.24) is 4.98 Å². The Morgan fingerprint density at radius 3 is 2.59 bits per heavy atom. The molecule has 0 radical (unpaired) electrons. The van der Waals surface area contributed by atoms with Gasteiger partial charge in [-0.1, -0.05) is 37.6 Å². The normalized spacial score (nSPS) is 11.2. The van der Waals surface area contributed by atoms with Gasteiger partial charge in [-0.25, -0.2) is 4.98 Å². The van der Waals surface area contributed by atoms with Gasteiger partial charge in [-0.2, -0.15) is 5.26 Å². The second kappa shape index (κ2) is 9.90. The van der Waals surface area contributed by atoms with Crippen LogP contribution in [-0.2, 0) is 6.42 Å². The summed E-state index contributed by atoms with van der Waals surface area (Å²) >= 11 is 1.46. The third kappa shape index (κ3) is 5.04. The number of aryl methyl sites for hydroxylation is 1. The van der Waals surface area contributed by atoms with Gasteiger partial charge < -0.3 is 9.47 Å². The minimum atomic E-state index is 0.493. The fourth-order valence-electron chi connectivity index (χ4n) is 3.00. The van der Waals surface area contributed by atoms with Crippen molar-refractivity contribution in [3.63, 3.8) is 0 Å². The average Bonchev–Trinajstić information content (AvgIpc) is 3.26. The molecule has 0 aliphatic carbocycles. The first kappa shape index (κ1) is 20.6. The largest absolute Gasteiger partial charge is 0.497 e. The summed E-state index contributed by atoms with van der Waals surface area (Å²) < 4.78 is 10.7. The highest BCUT2D eigenvalue weighted by Crippen LogP contribution is 2.31. The van der Waals surface area contributed by atoms with Gasteiger partial charge in [-0.3, -0.25) is 0 Å². The number of benzene rings is 2. The number of ether oxygens (including phenoxy) is 2. The summed E-state index contributed by atoms with van der Waals surface area (Å²) in [7, 11) is 3.22. The maximum Gasteiger partial charge on any atom is 0.134 e. The van der Waals surface area contributed by atoms with Crippen LogP contribution < -0.4 is 9.47 Å². The molecule has 29 heavy (non-hydrogen) atoms. The van der Waals surface area contributed by atoms with E-state index in [9.17, 15) is 5.26 Å². The van der Waals surface area contributed by atoms with Gasteiger partial charge in [0.25, 0.3) is 0 Å². The zero-order valence-electron chi connectivity index (χ0n) is 16.9. The molecule has 148 valence electrons. The lowest BCUT2D eigenvalue weighted by molar-refractivity contribution is 0.402. The van der Waals surface area contributed by atoms with Crippen LogP contribution in [0.2, 0.25) is 0 Å². The number of nitrogens with zero attached hydrogens (tertiary/aromatic N) is 2. The van der Waals surface area contributed by atoms with Crippen molar-refractivity contribution < 1.29 is 9.47 Å². The van der Waals surface area contributed by atoms with Gasteiger partial charge in [0.15, 0.2) is 0 Å². The Hall–Kier alpha value is -3.10. The number of rotatable bonds is 8. The third-order valence-electron chi connectivity index (χ3n) is 4.66. The number of nitriles is 1. The Kier molecular flexibility index (Phi) is 7.04. The van der Waals surface area contributed by atoms with Gasteiger partial charge in [0.2, 0.25) is 0 Å². The van der Waals surface area contributed by atoms with E-state index in [2.05, 4.69) is 37.3 Å². The number of allylic oxidation sites excluding steroid dienone is 1. The monoisotopic (exact) mass is 404 g/mol. The molecule has 3 rings (SSSR count). The number of thiazole rings is 1. The lowest BCUT2D eigenvalue weighted by Gasteiger charge is -2.07. The Balaban J connectivity index is 1.88. The summed E-state index contributed by atoms with van der Waals surface area (Å²) in [6.07, 6.45) is 5.28. The summed E-state index contributed by atoms with van der Waals surface area (Å²) in [4.78, 5) is 4.69. The van der Waals surface area contributed by atoms with Crippen LogP contribution in [0.1, 0.15) is 35.9 Å². The van der Waals surface area contributed by atoms with Crippen LogP contribution in [0.3, 0.4) is 0 Å². The Morgan fingerprint density at radius 1 is 1.14 bits per heavy atom. The SMILES string of the molecule is CCCCc1ccc(-c2csc(/C(C#N)=C\c3cc(OC)ccc3OC)n2)cc1. The standard InChI is InChI=1S/C24H24N2O2S/c1-4-5-6-17-7-9-18(10-8-17)22-16-29-24(26-22)20(15-25)13-19-14-21(27-2)11-12-23(19)28-3/h7-14,16H,4-6H2,1-3H3/b20-13-. The van der Waals surface area contributed by atoms with E-state index in [4.69, 9.17) is 14.5 Å². The number of aromatic nitrogens is 1. The highest BCUT2D eigenvalue weighted by molar-refractivity contribution is 7.11. The lowest BCUT2D eigenvalue weighted by Crippen LogP contribution is -1.90. The van der Waals surface area contributed by atoms with Crippen LogP contribution in [0.5, 0.6) is 11.5 Å². The molecule has 0 saturated carbocycles. The van der Waals surface area contributed by atoms with Gasteiger partial charge >= 0.3 is 0 Å².